The van der Waals surface area contributed by atoms with E-state index in [-0.39, 0.29) is 22.2 Å². The number of hydrogen-bond donors (Lipinski definition) is 0. The first kappa shape index (κ1) is 36.5. The highest BCUT2D eigenvalue weighted by Crippen LogP contribution is 2.60. The van der Waals surface area contributed by atoms with E-state index in [1.165, 1.54) is 94.6 Å². The zero-order valence-electron chi connectivity index (χ0n) is 36.1. The number of allylic oxidation sites excluding steroid dienone is 7. The van der Waals surface area contributed by atoms with Gasteiger partial charge in [-0.2, -0.15) is 0 Å². The Morgan fingerprint density at radius 2 is 1.20 bits per heavy atom. The molecule has 0 radical (unpaired) electrons. The van der Waals surface area contributed by atoms with Gasteiger partial charge in [0.25, 0.3) is 0 Å². The highest BCUT2D eigenvalue weighted by Gasteiger charge is 2.47. The monoisotopic (exact) mass is 788 g/mol. The molecule has 0 amide bonds. The third kappa shape index (κ3) is 5.03. The number of nitrogens with zero attached hydrogens (tertiary/aromatic N) is 2. The summed E-state index contributed by atoms with van der Waals surface area (Å²) in [7, 11) is 0. The Bertz CT molecular complexity index is 3120. The van der Waals surface area contributed by atoms with Crippen LogP contribution in [0.2, 0.25) is 0 Å². The Morgan fingerprint density at radius 1 is 0.541 bits per heavy atom. The topological polar surface area (TPSA) is 6.48 Å². The molecule has 0 saturated heterocycles. The van der Waals surface area contributed by atoms with Crippen molar-refractivity contribution in [3.05, 3.63) is 221 Å². The number of hydrogen-bond acceptors (Lipinski definition) is 2. The number of anilines is 5. The first-order valence-electron chi connectivity index (χ1n) is 22.3. The van der Waals surface area contributed by atoms with Gasteiger partial charge in [-0.05, 0) is 104 Å². The zero-order valence-corrected chi connectivity index (χ0v) is 36.1. The van der Waals surface area contributed by atoms with Crippen LogP contribution in [0, 0.1) is 5.92 Å². The highest BCUT2D eigenvalue weighted by molar-refractivity contribution is 6.05. The minimum atomic E-state index is -0.131. The van der Waals surface area contributed by atoms with Crippen molar-refractivity contribution in [1.82, 2.24) is 0 Å². The normalized spacial score (nSPS) is 21.8. The summed E-state index contributed by atoms with van der Waals surface area (Å²) in [6.07, 6.45) is 15.2. The molecule has 3 atom stereocenters. The predicted octanol–water partition coefficient (Wildman–Crippen LogP) is 15.6. The van der Waals surface area contributed by atoms with Crippen molar-refractivity contribution in [3.8, 4) is 0 Å². The Balaban J connectivity index is 1.01. The molecule has 0 N–H and O–H groups in total. The number of para-hydroxylation sites is 2. The summed E-state index contributed by atoms with van der Waals surface area (Å²) in [5.41, 5.74) is 17.4. The predicted molar refractivity (Wildman–Crippen MR) is 257 cm³/mol. The van der Waals surface area contributed by atoms with Crippen LogP contribution in [0.3, 0.4) is 0 Å². The van der Waals surface area contributed by atoms with Crippen molar-refractivity contribution in [2.24, 2.45) is 5.92 Å². The van der Waals surface area contributed by atoms with E-state index < -0.39 is 0 Å². The van der Waals surface area contributed by atoms with Crippen molar-refractivity contribution in [3.63, 3.8) is 0 Å². The minimum Gasteiger partial charge on any atom is -0.310 e. The Labute approximate surface area is 360 Å². The molecule has 7 aromatic rings. The number of fused-ring (bicyclic) bond motifs is 8. The summed E-state index contributed by atoms with van der Waals surface area (Å²) in [4.78, 5) is 5.14. The molecule has 2 nitrogen and oxygen atoms in total. The second-order valence-corrected chi connectivity index (χ2v) is 19.7. The molecule has 7 aromatic carbocycles. The van der Waals surface area contributed by atoms with Crippen molar-refractivity contribution >= 4 is 50.0 Å². The highest BCUT2D eigenvalue weighted by atomic mass is 15.2. The standard InChI is InChI=1S/C59H52N2/c1-57(2)46-24-10-9-20-43(46)44-33-32-39(36-50(44)57)60(52-29-13-18-37-17-7-8-19-41(37)52)53-30-15-22-42-40(21-14-23-45(42)53)38-31-34-55-51(35-38)59(5,6)49-27-16-26-48-56(49)61(55)54-28-12-11-25-47(54)58(48,3)4/h7-34,36,38,43,46H,35H2,1-6H3. The number of rotatable bonds is 4. The summed E-state index contributed by atoms with van der Waals surface area (Å²) in [5.74, 6) is 1.10. The van der Waals surface area contributed by atoms with E-state index in [0.29, 0.717) is 11.8 Å². The summed E-state index contributed by atoms with van der Waals surface area (Å²) in [6.45, 7) is 14.6. The quantitative estimate of drug-likeness (QED) is 0.175. The largest absolute Gasteiger partial charge is 0.310 e. The van der Waals surface area contributed by atoms with E-state index in [1.54, 1.807) is 0 Å². The van der Waals surface area contributed by atoms with Gasteiger partial charge in [-0.15, -0.1) is 0 Å². The SMILES string of the molecule is CC1(C)C2=C(C=CC(c3cccc4c(N(c5ccc6c(c5)C(C)(C)C5C=CC=CC65)c5cccc6ccccc56)cccc34)C2)N2c3ccccc3C(C)(C)c3cccc1c32. The Kier molecular flexibility index (Phi) is 7.66. The van der Waals surface area contributed by atoms with Gasteiger partial charge in [-0.1, -0.05) is 181 Å². The van der Waals surface area contributed by atoms with Crippen LogP contribution >= 0.6 is 0 Å². The van der Waals surface area contributed by atoms with Gasteiger partial charge in [0.05, 0.1) is 22.7 Å². The summed E-state index contributed by atoms with van der Waals surface area (Å²) < 4.78 is 0. The molecular weight excluding hydrogens is 737 g/mol. The summed E-state index contributed by atoms with van der Waals surface area (Å²) >= 11 is 0. The number of benzene rings is 7. The van der Waals surface area contributed by atoms with E-state index in [9.17, 15) is 0 Å². The van der Waals surface area contributed by atoms with Gasteiger partial charge in [0.2, 0.25) is 0 Å². The van der Waals surface area contributed by atoms with E-state index >= 15 is 0 Å². The fourth-order valence-electron chi connectivity index (χ4n) is 12.3. The summed E-state index contributed by atoms with van der Waals surface area (Å²) in [6, 6.07) is 53.0. The molecule has 0 fully saturated rings. The first-order valence-corrected chi connectivity index (χ1v) is 22.3. The lowest BCUT2D eigenvalue weighted by Crippen LogP contribution is -2.41. The third-order valence-electron chi connectivity index (χ3n) is 15.5. The zero-order chi connectivity index (χ0) is 41.4. The van der Waals surface area contributed by atoms with Crippen molar-refractivity contribution < 1.29 is 0 Å². The van der Waals surface area contributed by atoms with Gasteiger partial charge >= 0.3 is 0 Å². The van der Waals surface area contributed by atoms with Gasteiger partial charge in [0.1, 0.15) is 0 Å². The van der Waals surface area contributed by atoms with Crippen LogP contribution in [0.15, 0.2) is 187 Å². The molecule has 61 heavy (non-hydrogen) atoms. The fourth-order valence-corrected chi connectivity index (χ4v) is 12.3. The van der Waals surface area contributed by atoms with E-state index in [2.05, 4.69) is 227 Å². The van der Waals surface area contributed by atoms with Crippen LogP contribution in [-0.2, 0) is 16.2 Å². The van der Waals surface area contributed by atoms with Gasteiger partial charge in [-0.3, -0.25) is 0 Å². The van der Waals surface area contributed by atoms with Crippen molar-refractivity contribution in [2.45, 2.75) is 76.0 Å². The van der Waals surface area contributed by atoms with E-state index in [4.69, 9.17) is 0 Å². The second kappa shape index (κ2) is 12.8. The molecular formula is C59H52N2. The molecule has 298 valence electrons. The van der Waals surface area contributed by atoms with Crippen molar-refractivity contribution in [2.75, 3.05) is 9.80 Å². The summed E-state index contributed by atoms with van der Waals surface area (Å²) in [5, 5.41) is 5.07. The molecule has 5 aliphatic rings. The maximum atomic E-state index is 2.60. The van der Waals surface area contributed by atoms with Crippen LogP contribution in [0.4, 0.5) is 28.4 Å². The lowest BCUT2D eigenvalue weighted by molar-refractivity contribution is 0.394. The lowest BCUT2D eigenvalue weighted by atomic mass is 9.64. The Morgan fingerprint density at radius 3 is 2.07 bits per heavy atom. The van der Waals surface area contributed by atoms with Crippen molar-refractivity contribution in [1.29, 1.82) is 0 Å². The molecule has 2 aliphatic heterocycles. The molecule has 0 bridgehead atoms. The van der Waals surface area contributed by atoms with Crippen LogP contribution in [0.5, 0.6) is 0 Å². The molecule has 12 rings (SSSR count). The van der Waals surface area contributed by atoms with Gasteiger partial charge < -0.3 is 9.80 Å². The molecule has 3 unspecified atom stereocenters. The van der Waals surface area contributed by atoms with Crippen LogP contribution in [0.1, 0.15) is 93.2 Å². The van der Waals surface area contributed by atoms with Crippen LogP contribution in [-0.4, -0.2) is 0 Å². The first-order chi connectivity index (χ1) is 29.5. The van der Waals surface area contributed by atoms with Crippen LogP contribution < -0.4 is 9.80 Å². The van der Waals surface area contributed by atoms with E-state index in [1.807, 2.05) is 0 Å². The van der Waals surface area contributed by atoms with E-state index in [0.717, 1.165) is 6.42 Å². The lowest BCUT2D eigenvalue weighted by Gasteiger charge is -2.51. The average molecular weight is 789 g/mol. The average Bonchev–Trinajstić information content (AvgIpc) is 3.51. The van der Waals surface area contributed by atoms with Crippen LogP contribution in [0.25, 0.3) is 21.5 Å². The molecule has 2 heterocycles. The fraction of sp³-hybridized carbons (Fsp3) is 0.220. The molecule has 0 saturated carbocycles. The molecule has 3 aliphatic carbocycles. The Hall–Kier alpha value is -6.38. The maximum Gasteiger partial charge on any atom is 0.0543 e. The third-order valence-corrected chi connectivity index (χ3v) is 15.5. The molecule has 0 aromatic heterocycles. The van der Waals surface area contributed by atoms with Gasteiger partial charge in [-0.25, -0.2) is 0 Å². The maximum absolute atomic E-state index is 2.60. The van der Waals surface area contributed by atoms with Gasteiger partial charge in [0.15, 0.2) is 0 Å². The molecule has 0 spiro atoms. The minimum absolute atomic E-state index is 0.00986. The molecule has 2 heteroatoms. The smallest absolute Gasteiger partial charge is 0.0543 e. The second-order valence-electron chi connectivity index (χ2n) is 19.7. The van der Waals surface area contributed by atoms with Gasteiger partial charge in [0, 0.05) is 44.8 Å².